The first-order valence-electron chi connectivity index (χ1n) is 11.6. The Bertz CT molecular complexity index is 1260. The van der Waals surface area contributed by atoms with Gasteiger partial charge in [0, 0.05) is 25.2 Å². The summed E-state index contributed by atoms with van der Waals surface area (Å²) in [5.41, 5.74) is 5.34. The first kappa shape index (κ1) is 24.2. The number of piperidine rings is 1. The summed E-state index contributed by atoms with van der Waals surface area (Å²) in [5.74, 6) is -0.319. The molecule has 1 aromatic heterocycles. The first-order valence-corrected chi connectivity index (χ1v) is 13.1. The van der Waals surface area contributed by atoms with Crippen molar-refractivity contribution in [2.45, 2.75) is 52.0 Å². The van der Waals surface area contributed by atoms with Crippen molar-refractivity contribution >= 4 is 21.6 Å². The number of hydrogen-bond acceptors (Lipinski definition) is 4. The highest BCUT2D eigenvalue weighted by molar-refractivity contribution is 7.89. The van der Waals surface area contributed by atoms with E-state index in [0.717, 1.165) is 27.8 Å². The van der Waals surface area contributed by atoms with Crippen molar-refractivity contribution in [2.24, 2.45) is 5.92 Å². The van der Waals surface area contributed by atoms with Crippen LogP contribution in [0.15, 0.2) is 53.7 Å². The molecule has 1 fully saturated rings. The summed E-state index contributed by atoms with van der Waals surface area (Å²) in [4.78, 5) is 13.3. The Kier molecular flexibility index (Phi) is 6.91. The molecule has 1 saturated heterocycles. The second kappa shape index (κ2) is 9.72. The highest BCUT2D eigenvalue weighted by Gasteiger charge is 2.34. The lowest BCUT2D eigenvalue weighted by atomic mass is 9.97. The quantitative estimate of drug-likeness (QED) is 0.573. The van der Waals surface area contributed by atoms with Gasteiger partial charge in [-0.2, -0.15) is 9.40 Å². The number of aryl methyl sites for hydroxylation is 2. The van der Waals surface area contributed by atoms with E-state index in [9.17, 15) is 13.2 Å². The Morgan fingerprint density at radius 1 is 1.03 bits per heavy atom. The number of aromatic nitrogens is 2. The molecule has 8 heteroatoms. The standard InChI is InChI=1S/C26H32N4O3S/c1-18-14-19(2)21(4)25(20(18)3)34(32,33)30-12-10-23(11-13-30)26(31)28-24-15-27-29(17-24)16-22-8-6-5-7-9-22/h5-9,14-15,17,23H,10-13,16H2,1-4H3,(H,28,31). The van der Waals surface area contributed by atoms with Gasteiger partial charge in [0.05, 0.1) is 23.3 Å². The molecule has 3 aromatic rings. The normalized spacial score (nSPS) is 15.4. The number of benzene rings is 2. The monoisotopic (exact) mass is 480 g/mol. The van der Waals surface area contributed by atoms with Crippen LogP contribution in [0.2, 0.25) is 0 Å². The van der Waals surface area contributed by atoms with E-state index >= 15 is 0 Å². The van der Waals surface area contributed by atoms with Gasteiger partial charge in [0.1, 0.15) is 0 Å². The number of hydrogen-bond donors (Lipinski definition) is 1. The minimum Gasteiger partial charge on any atom is -0.323 e. The molecular weight excluding hydrogens is 448 g/mol. The number of sulfonamides is 1. The number of rotatable bonds is 6. The maximum absolute atomic E-state index is 13.5. The van der Waals surface area contributed by atoms with E-state index < -0.39 is 10.0 Å². The smallest absolute Gasteiger partial charge is 0.243 e. The molecule has 2 heterocycles. The van der Waals surface area contributed by atoms with Crippen LogP contribution in [0.1, 0.15) is 40.7 Å². The number of nitrogens with one attached hydrogen (secondary N) is 1. The van der Waals surface area contributed by atoms with Gasteiger partial charge < -0.3 is 5.32 Å². The lowest BCUT2D eigenvalue weighted by Crippen LogP contribution is -2.41. The molecule has 1 amide bonds. The van der Waals surface area contributed by atoms with Crippen LogP contribution in [-0.2, 0) is 21.4 Å². The van der Waals surface area contributed by atoms with Gasteiger partial charge in [0.25, 0.3) is 0 Å². The fraction of sp³-hybridized carbons (Fsp3) is 0.385. The number of amides is 1. The van der Waals surface area contributed by atoms with E-state index in [1.807, 2.05) is 70.3 Å². The van der Waals surface area contributed by atoms with Gasteiger partial charge in [0.15, 0.2) is 0 Å². The first-order chi connectivity index (χ1) is 16.2. The molecular formula is C26H32N4O3S. The summed E-state index contributed by atoms with van der Waals surface area (Å²) in [6, 6.07) is 12.0. The Morgan fingerprint density at radius 2 is 1.65 bits per heavy atom. The zero-order chi connectivity index (χ0) is 24.5. The lowest BCUT2D eigenvalue weighted by molar-refractivity contribution is -0.120. The topological polar surface area (TPSA) is 84.3 Å². The predicted molar refractivity (Wildman–Crippen MR) is 133 cm³/mol. The fourth-order valence-corrected chi connectivity index (χ4v) is 6.63. The van der Waals surface area contributed by atoms with Crippen molar-refractivity contribution in [3.8, 4) is 0 Å². The van der Waals surface area contributed by atoms with E-state index in [1.165, 1.54) is 4.31 Å². The van der Waals surface area contributed by atoms with Crippen molar-refractivity contribution < 1.29 is 13.2 Å². The molecule has 0 bridgehead atoms. The molecule has 1 aliphatic rings. The Hall–Kier alpha value is -2.97. The molecule has 0 spiro atoms. The van der Waals surface area contributed by atoms with Gasteiger partial charge in [-0.25, -0.2) is 8.42 Å². The van der Waals surface area contributed by atoms with Crippen LogP contribution in [0.5, 0.6) is 0 Å². The molecule has 0 atom stereocenters. The maximum Gasteiger partial charge on any atom is 0.243 e. The lowest BCUT2D eigenvalue weighted by Gasteiger charge is -2.31. The van der Waals surface area contributed by atoms with Gasteiger partial charge in [-0.1, -0.05) is 36.4 Å². The Morgan fingerprint density at radius 3 is 2.26 bits per heavy atom. The number of nitrogens with zero attached hydrogens (tertiary/aromatic N) is 3. The molecule has 0 saturated carbocycles. The zero-order valence-electron chi connectivity index (χ0n) is 20.2. The summed E-state index contributed by atoms with van der Waals surface area (Å²) in [5, 5.41) is 7.28. The minimum absolute atomic E-state index is 0.0879. The van der Waals surface area contributed by atoms with Crippen molar-refractivity contribution in [3.05, 3.63) is 76.6 Å². The summed E-state index contributed by atoms with van der Waals surface area (Å²) in [6.45, 7) is 8.92. The molecule has 1 N–H and O–H groups in total. The van der Waals surface area contributed by atoms with Crippen molar-refractivity contribution in [3.63, 3.8) is 0 Å². The summed E-state index contributed by atoms with van der Waals surface area (Å²) in [6.07, 6.45) is 4.44. The molecule has 0 unspecified atom stereocenters. The van der Waals surface area contributed by atoms with E-state index in [4.69, 9.17) is 0 Å². The number of anilines is 1. The van der Waals surface area contributed by atoms with Crippen LogP contribution < -0.4 is 5.32 Å². The molecule has 2 aromatic carbocycles. The molecule has 0 aliphatic carbocycles. The summed E-state index contributed by atoms with van der Waals surface area (Å²) < 4.78 is 30.3. The highest BCUT2D eigenvalue weighted by atomic mass is 32.2. The fourth-order valence-electron chi connectivity index (χ4n) is 4.58. The second-order valence-corrected chi connectivity index (χ2v) is 11.0. The van der Waals surface area contributed by atoms with Gasteiger partial charge in [0.2, 0.25) is 15.9 Å². The summed E-state index contributed by atoms with van der Waals surface area (Å²) in [7, 11) is -3.61. The van der Waals surface area contributed by atoms with Crippen LogP contribution >= 0.6 is 0 Å². The molecule has 0 radical (unpaired) electrons. The highest BCUT2D eigenvalue weighted by Crippen LogP contribution is 2.31. The average molecular weight is 481 g/mol. The molecule has 4 rings (SSSR count). The van der Waals surface area contributed by atoms with E-state index in [1.54, 1.807) is 10.9 Å². The van der Waals surface area contributed by atoms with Gasteiger partial charge in [-0.05, 0) is 68.4 Å². The molecule has 7 nitrogen and oxygen atoms in total. The van der Waals surface area contributed by atoms with Crippen LogP contribution in [0.25, 0.3) is 0 Å². The van der Waals surface area contributed by atoms with Crippen LogP contribution in [0, 0.1) is 33.6 Å². The zero-order valence-corrected chi connectivity index (χ0v) is 21.0. The third-order valence-electron chi connectivity index (χ3n) is 6.81. The van der Waals surface area contributed by atoms with Crippen molar-refractivity contribution in [1.82, 2.24) is 14.1 Å². The van der Waals surface area contributed by atoms with Gasteiger partial charge in [-0.15, -0.1) is 0 Å². The van der Waals surface area contributed by atoms with E-state index in [2.05, 4.69) is 10.4 Å². The number of carbonyl (C=O) groups excluding carboxylic acids is 1. The Balaban J connectivity index is 1.38. The van der Waals surface area contributed by atoms with Crippen LogP contribution in [-0.4, -0.2) is 41.5 Å². The third kappa shape index (κ3) is 4.93. The maximum atomic E-state index is 13.5. The Labute approximate surface area is 201 Å². The molecule has 180 valence electrons. The molecule has 34 heavy (non-hydrogen) atoms. The predicted octanol–water partition coefficient (Wildman–Crippen LogP) is 4.20. The minimum atomic E-state index is -3.61. The largest absolute Gasteiger partial charge is 0.323 e. The molecule has 1 aliphatic heterocycles. The SMILES string of the molecule is Cc1cc(C)c(C)c(S(=O)(=O)N2CCC(C(=O)Nc3cnn(Cc4ccccc4)c3)CC2)c1C. The van der Waals surface area contributed by atoms with Crippen LogP contribution in [0.4, 0.5) is 5.69 Å². The third-order valence-corrected chi connectivity index (χ3v) is 8.98. The second-order valence-electron chi connectivity index (χ2n) is 9.17. The van der Waals surface area contributed by atoms with E-state index in [-0.39, 0.29) is 11.8 Å². The van der Waals surface area contributed by atoms with E-state index in [0.29, 0.717) is 43.1 Å². The van der Waals surface area contributed by atoms with Crippen molar-refractivity contribution in [2.75, 3.05) is 18.4 Å². The number of carbonyl (C=O) groups is 1. The average Bonchev–Trinajstić information content (AvgIpc) is 3.25. The van der Waals surface area contributed by atoms with Crippen molar-refractivity contribution in [1.29, 1.82) is 0 Å². The van der Waals surface area contributed by atoms with Gasteiger partial charge >= 0.3 is 0 Å². The van der Waals surface area contributed by atoms with Crippen LogP contribution in [0.3, 0.4) is 0 Å². The van der Waals surface area contributed by atoms with Gasteiger partial charge in [-0.3, -0.25) is 9.48 Å². The summed E-state index contributed by atoms with van der Waals surface area (Å²) >= 11 is 0.